The molecule has 0 saturated carbocycles. The number of hydrogen-bond acceptors (Lipinski definition) is 3. The van der Waals surface area contributed by atoms with Crippen LogP contribution in [0.25, 0.3) is 0 Å². The number of piperazine rings is 1. The smallest absolute Gasteiger partial charge is 0.227 e. The molecular formula is C21H30N2O2. The Morgan fingerprint density at radius 2 is 1.84 bits per heavy atom. The van der Waals surface area contributed by atoms with E-state index >= 15 is 0 Å². The van der Waals surface area contributed by atoms with Crippen LogP contribution in [0.3, 0.4) is 0 Å². The van der Waals surface area contributed by atoms with Crippen molar-refractivity contribution in [2.45, 2.75) is 51.0 Å². The first-order valence-corrected chi connectivity index (χ1v) is 10.0. The topological polar surface area (TPSA) is 32.8 Å². The molecule has 4 nitrogen and oxygen atoms in total. The third-order valence-corrected chi connectivity index (χ3v) is 5.98. The molecule has 2 heterocycles. The average Bonchev–Trinajstić information content (AvgIpc) is 3.15. The minimum atomic E-state index is 0.285. The first kappa shape index (κ1) is 17.0. The Morgan fingerprint density at radius 3 is 2.60 bits per heavy atom. The molecule has 2 fully saturated rings. The Hall–Kier alpha value is -1.39. The van der Waals surface area contributed by atoms with Gasteiger partial charge in [0, 0.05) is 39.3 Å². The van der Waals surface area contributed by atoms with Crippen LogP contribution in [0, 0.1) is 0 Å². The zero-order valence-corrected chi connectivity index (χ0v) is 15.2. The second-order valence-electron chi connectivity index (χ2n) is 7.80. The number of rotatable bonds is 4. The molecule has 3 aliphatic rings. The molecule has 4 heteroatoms. The predicted molar refractivity (Wildman–Crippen MR) is 98.8 cm³/mol. The molecule has 1 aromatic rings. The van der Waals surface area contributed by atoms with E-state index in [2.05, 4.69) is 23.1 Å². The van der Waals surface area contributed by atoms with Crippen molar-refractivity contribution in [3.63, 3.8) is 0 Å². The van der Waals surface area contributed by atoms with Gasteiger partial charge in [0.25, 0.3) is 0 Å². The standard InChI is InChI=1S/C21H30N2O2/c24-21(15-17-7-8-18-4-1-2-5-19(18)14-17)23-11-9-22(10-12-23)16-20-6-3-13-25-20/h7-8,14,20H,1-6,9-13,15-16H2/t20-/m1/s1. The van der Waals surface area contributed by atoms with E-state index < -0.39 is 0 Å². The summed E-state index contributed by atoms with van der Waals surface area (Å²) in [6.07, 6.45) is 8.34. The number of nitrogens with zero attached hydrogens (tertiary/aromatic N) is 2. The average molecular weight is 342 g/mol. The van der Waals surface area contributed by atoms with Gasteiger partial charge in [-0.2, -0.15) is 0 Å². The Morgan fingerprint density at radius 1 is 1.04 bits per heavy atom. The third kappa shape index (κ3) is 4.24. The van der Waals surface area contributed by atoms with E-state index in [1.54, 1.807) is 0 Å². The third-order valence-electron chi connectivity index (χ3n) is 5.98. The molecule has 2 aliphatic heterocycles. The molecule has 2 saturated heterocycles. The monoisotopic (exact) mass is 342 g/mol. The van der Waals surface area contributed by atoms with Gasteiger partial charge in [-0.25, -0.2) is 0 Å². The number of aryl methyl sites for hydroxylation is 2. The summed E-state index contributed by atoms with van der Waals surface area (Å²) in [4.78, 5) is 17.2. The molecule has 0 unspecified atom stereocenters. The zero-order valence-electron chi connectivity index (χ0n) is 15.2. The molecule has 0 bridgehead atoms. The lowest BCUT2D eigenvalue weighted by Gasteiger charge is -2.35. The van der Waals surface area contributed by atoms with Gasteiger partial charge in [-0.15, -0.1) is 0 Å². The fraction of sp³-hybridized carbons (Fsp3) is 0.667. The number of ether oxygens (including phenoxy) is 1. The Bertz CT molecular complexity index is 602. The number of hydrogen-bond donors (Lipinski definition) is 0. The van der Waals surface area contributed by atoms with Crippen LogP contribution in [0.15, 0.2) is 18.2 Å². The molecule has 1 aliphatic carbocycles. The van der Waals surface area contributed by atoms with Crippen LogP contribution in [0.2, 0.25) is 0 Å². The van der Waals surface area contributed by atoms with Crippen molar-refractivity contribution >= 4 is 5.91 Å². The molecule has 1 atom stereocenters. The van der Waals surface area contributed by atoms with Crippen LogP contribution >= 0.6 is 0 Å². The zero-order chi connectivity index (χ0) is 17.1. The largest absolute Gasteiger partial charge is 0.377 e. The number of carbonyl (C=O) groups excluding carboxylic acids is 1. The SMILES string of the molecule is O=C(Cc1ccc2c(c1)CCCC2)N1CCN(C[C@H]2CCCO2)CC1. The van der Waals surface area contributed by atoms with Gasteiger partial charge in [-0.3, -0.25) is 9.69 Å². The van der Waals surface area contributed by atoms with Gasteiger partial charge in [0.15, 0.2) is 0 Å². The van der Waals surface area contributed by atoms with Gasteiger partial charge in [-0.05, 0) is 55.2 Å². The first-order valence-electron chi connectivity index (χ1n) is 10.0. The van der Waals surface area contributed by atoms with Crippen molar-refractivity contribution in [3.05, 3.63) is 34.9 Å². The Labute approximate surface area is 151 Å². The maximum absolute atomic E-state index is 12.7. The van der Waals surface area contributed by atoms with Gasteiger partial charge < -0.3 is 9.64 Å². The molecular weight excluding hydrogens is 312 g/mol. The van der Waals surface area contributed by atoms with E-state index in [0.29, 0.717) is 12.5 Å². The van der Waals surface area contributed by atoms with E-state index in [0.717, 1.165) is 39.3 Å². The van der Waals surface area contributed by atoms with Crippen molar-refractivity contribution in [2.75, 3.05) is 39.3 Å². The minimum Gasteiger partial charge on any atom is -0.377 e. The summed E-state index contributed by atoms with van der Waals surface area (Å²) in [6.45, 7) is 5.63. The molecule has 0 aromatic heterocycles. The normalized spacial score (nSPS) is 24.3. The fourth-order valence-electron chi connectivity index (χ4n) is 4.44. The maximum Gasteiger partial charge on any atom is 0.227 e. The van der Waals surface area contributed by atoms with Crippen molar-refractivity contribution in [3.8, 4) is 0 Å². The van der Waals surface area contributed by atoms with Crippen LogP contribution in [-0.2, 0) is 28.8 Å². The quantitative estimate of drug-likeness (QED) is 0.842. The van der Waals surface area contributed by atoms with Crippen LogP contribution in [0.1, 0.15) is 42.4 Å². The molecule has 1 amide bonds. The van der Waals surface area contributed by atoms with Crippen molar-refractivity contribution < 1.29 is 9.53 Å². The molecule has 4 rings (SSSR count). The van der Waals surface area contributed by atoms with Crippen LogP contribution in [0.5, 0.6) is 0 Å². The second-order valence-corrected chi connectivity index (χ2v) is 7.80. The highest BCUT2D eigenvalue weighted by Gasteiger charge is 2.25. The summed E-state index contributed by atoms with van der Waals surface area (Å²) in [5, 5.41) is 0. The van der Waals surface area contributed by atoms with Crippen molar-refractivity contribution in [1.82, 2.24) is 9.80 Å². The highest BCUT2D eigenvalue weighted by atomic mass is 16.5. The summed E-state index contributed by atoms with van der Waals surface area (Å²) in [7, 11) is 0. The molecule has 136 valence electrons. The molecule has 0 spiro atoms. The highest BCUT2D eigenvalue weighted by molar-refractivity contribution is 5.79. The summed E-state index contributed by atoms with van der Waals surface area (Å²) in [6, 6.07) is 6.69. The van der Waals surface area contributed by atoms with Crippen molar-refractivity contribution in [2.24, 2.45) is 0 Å². The van der Waals surface area contributed by atoms with Gasteiger partial charge in [0.1, 0.15) is 0 Å². The summed E-state index contributed by atoms with van der Waals surface area (Å²) in [5.74, 6) is 0.285. The molecule has 0 N–H and O–H groups in total. The van der Waals surface area contributed by atoms with Crippen LogP contribution < -0.4 is 0 Å². The van der Waals surface area contributed by atoms with Crippen LogP contribution in [0.4, 0.5) is 0 Å². The van der Waals surface area contributed by atoms with E-state index in [1.807, 2.05) is 4.90 Å². The van der Waals surface area contributed by atoms with E-state index in [4.69, 9.17) is 4.74 Å². The van der Waals surface area contributed by atoms with Gasteiger partial charge in [0.2, 0.25) is 5.91 Å². The van der Waals surface area contributed by atoms with E-state index in [-0.39, 0.29) is 5.91 Å². The fourth-order valence-corrected chi connectivity index (χ4v) is 4.44. The number of amides is 1. The summed E-state index contributed by atoms with van der Waals surface area (Å²) < 4.78 is 5.73. The lowest BCUT2D eigenvalue weighted by atomic mass is 9.90. The van der Waals surface area contributed by atoms with E-state index in [1.165, 1.54) is 55.2 Å². The number of carbonyl (C=O) groups is 1. The predicted octanol–water partition coefficient (Wildman–Crippen LogP) is 2.43. The molecule has 1 aromatic carbocycles. The number of fused-ring (bicyclic) bond motifs is 1. The second kappa shape index (κ2) is 7.88. The van der Waals surface area contributed by atoms with Crippen molar-refractivity contribution in [1.29, 1.82) is 0 Å². The van der Waals surface area contributed by atoms with Gasteiger partial charge >= 0.3 is 0 Å². The minimum absolute atomic E-state index is 0.285. The van der Waals surface area contributed by atoms with Gasteiger partial charge in [0.05, 0.1) is 12.5 Å². The lowest BCUT2D eigenvalue weighted by molar-refractivity contribution is -0.132. The Kier molecular flexibility index (Phi) is 5.37. The maximum atomic E-state index is 12.7. The van der Waals surface area contributed by atoms with Crippen LogP contribution in [-0.4, -0.2) is 61.1 Å². The van der Waals surface area contributed by atoms with E-state index in [9.17, 15) is 4.79 Å². The highest BCUT2D eigenvalue weighted by Crippen LogP contribution is 2.23. The van der Waals surface area contributed by atoms with Gasteiger partial charge in [-0.1, -0.05) is 18.2 Å². The number of benzene rings is 1. The Balaban J connectivity index is 1.27. The lowest BCUT2D eigenvalue weighted by Crippen LogP contribution is -2.50. The summed E-state index contributed by atoms with van der Waals surface area (Å²) >= 11 is 0. The molecule has 25 heavy (non-hydrogen) atoms. The first-order chi connectivity index (χ1) is 12.3. The molecule has 0 radical (unpaired) electrons. The summed E-state index contributed by atoms with van der Waals surface area (Å²) in [5.41, 5.74) is 4.15.